The molecule has 0 bridgehead atoms. The van der Waals surface area contributed by atoms with Crippen molar-refractivity contribution in [2.75, 3.05) is 56.5 Å². The molecule has 1 heterocycles. The van der Waals surface area contributed by atoms with Crippen LogP contribution in [0.2, 0.25) is 0 Å². The highest BCUT2D eigenvalue weighted by atomic mass is 16.5. The van der Waals surface area contributed by atoms with Gasteiger partial charge in [0.1, 0.15) is 0 Å². The zero-order valence-electron chi connectivity index (χ0n) is 33.5. The van der Waals surface area contributed by atoms with Gasteiger partial charge in [0.2, 0.25) is 6.04 Å². The summed E-state index contributed by atoms with van der Waals surface area (Å²) in [6.45, 7) is 15.4. The van der Waals surface area contributed by atoms with Gasteiger partial charge in [0.15, 0.2) is 11.6 Å². The first-order valence-corrected chi connectivity index (χ1v) is 19.6. The van der Waals surface area contributed by atoms with E-state index >= 15 is 0 Å². The molecule has 4 aromatic rings. The van der Waals surface area contributed by atoms with E-state index in [0.29, 0.717) is 41.5 Å². The van der Waals surface area contributed by atoms with E-state index < -0.39 is 29.6 Å². The van der Waals surface area contributed by atoms with Gasteiger partial charge in [-0.1, -0.05) is 34.1 Å². The molecule has 0 aliphatic carbocycles. The molecule has 57 heavy (non-hydrogen) atoms. The number of imidazole rings is 1. The SMILES string of the molecule is CCN(CC)CCCCCC(=O)c1cc(NC(=O)c2ccc(/N=N/C(C(C)=O)C(=O)Nc3ccc4[nH]c(=O)[nH]c4c3)cc2)cc(C(=O)OCCCN(CC)CC)c1. The van der Waals surface area contributed by atoms with E-state index in [1.807, 2.05) is 0 Å². The Morgan fingerprint density at radius 3 is 2.02 bits per heavy atom. The van der Waals surface area contributed by atoms with Crippen LogP contribution in [0.5, 0.6) is 0 Å². The van der Waals surface area contributed by atoms with E-state index in [4.69, 9.17) is 4.74 Å². The molecule has 0 saturated carbocycles. The van der Waals surface area contributed by atoms with Crippen LogP contribution in [0.3, 0.4) is 0 Å². The van der Waals surface area contributed by atoms with Gasteiger partial charge in [-0.05, 0) is 120 Å². The number of aromatic amines is 2. The van der Waals surface area contributed by atoms with Crippen LogP contribution < -0.4 is 16.3 Å². The molecule has 1 aromatic heterocycles. The number of unbranched alkanes of at least 4 members (excludes halogenated alkanes) is 2. The second-order valence-corrected chi connectivity index (χ2v) is 13.6. The Morgan fingerprint density at radius 1 is 0.702 bits per heavy atom. The van der Waals surface area contributed by atoms with Crippen LogP contribution in [0, 0.1) is 0 Å². The van der Waals surface area contributed by atoms with Gasteiger partial charge in [0, 0.05) is 35.5 Å². The molecule has 0 aliphatic heterocycles. The zero-order valence-corrected chi connectivity index (χ0v) is 33.5. The van der Waals surface area contributed by atoms with Crippen molar-refractivity contribution in [1.82, 2.24) is 19.8 Å². The Labute approximate surface area is 332 Å². The summed E-state index contributed by atoms with van der Waals surface area (Å²) in [4.78, 5) is 86.5. The van der Waals surface area contributed by atoms with Gasteiger partial charge in [-0.25, -0.2) is 9.59 Å². The number of nitrogens with one attached hydrogen (secondary N) is 4. The number of rotatable bonds is 23. The number of azo groups is 1. The molecule has 4 N–H and O–H groups in total. The van der Waals surface area contributed by atoms with Crippen LogP contribution in [-0.4, -0.2) is 101 Å². The third kappa shape index (κ3) is 13.4. The van der Waals surface area contributed by atoms with Crippen molar-refractivity contribution >= 4 is 57.4 Å². The first kappa shape index (κ1) is 43.9. The fourth-order valence-corrected chi connectivity index (χ4v) is 6.18. The van der Waals surface area contributed by atoms with E-state index in [1.165, 1.54) is 43.3 Å². The lowest BCUT2D eigenvalue weighted by Crippen LogP contribution is -2.31. The highest BCUT2D eigenvalue weighted by Crippen LogP contribution is 2.22. The molecule has 2 amide bonds. The number of benzene rings is 3. The lowest BCUT2D eigenvalue weighted by molar-refractivity contribution is -0.126. The first-order chi connectivity index (χ1) is 27.4. The van der Waals surface area contributed by atoms with Gasteiger partial charge in [0.25, 0.3) is 11.8 Å². The summed E-state index contributed by atoms with van der Waals surface area (Å²) in [6, 6.07) is 13.9. The number of fused-ring (bicyclic) bond motifs is 1. The molecule has 0 saturated heterocycles. The van der Waals surface area contributed by atoms with Crippen molar-refractivity contribution in [3.63, 3.8) is 0 Å². The van der Waals surface area contributed by atoms with Crippen LogP contribution in [-0.2, 0) is 14.3 Å². The summed E-state index contributed by atoms with van der Waals surface area (Å²) in [7, 11) is 0. The van der Waals surface area contributed by atoms with Crippen LogP contribution in [0.25, 0.3) is 11.0 Å². The van der Waals surface area contributed by atoms with Crippen LogP contribution in [0.15, 0.2) is 75.7 Å². The summed E-state index contributed by atoms with van der Waals surface area (Å²) in [5, 5.41) is 13.4. The largest absolute Gasteiger partial charge is 0.462 e. The monoisotopic (exact) mass is 782 g/mol. The highest BCUT2D eigenvalue weighted by Gasteiger charge is 2.23. The van der Waals surface area contributed by atoms with Crippen LogP contribution >= 0.6 is 0 Å². The van der Waals surface area contributed by atoms with Crippen molar-refractivity contribution in [2.24, 2.45) is 10.2 Å². The number of hydrogen-bond acceptors (Lipinski definition) is 11. The fourth-order valence-electron chi connectivity index (χ4n) is 6.18. The number of H-pyrrole nitrogens is 2. The van der Waals surface area contributed by atoms with E-state index in [-0.39, 0.29) is 40.6 Å². The summed E-state index contributed by atoms with van der Waals surface area (Å²) < 4.78 is 5.56. The van der Waals surface area contributed by atoms with Gasteiger partial charge in [-0.15, -0.1) is 0 Å². The number of nitrogens with zero attached hydrogens (tertiary/aromatic N) is 4. The quantitative estimate of drug-likeness (QED) is 0.0206. The Morgan fingerprint density at radius 2 is 1.35 bits per heavy atom. The number of anilines is 2. The van der Waals surface area contributed by atoms with E-state index in [2.05, 4.69) is 68.3 Å². The van der Waals surface area contributed by atoms with E-state index in [0.717, 1.165) is 52.1 Å². The lowest BCUT2D eigenvalue weighted by Gasteiger charge is -2.17. The minimum atomic E-state index is -1.44. The molecule has 4 rings (SSSR count). The number of aromatic nitrogens is 2. The summed E-state index contributed by atoms with van der Waals surface area (Å²) in [5.74, 6) is -2.46. The molecule has 0 spiro atoms. The Hall–Kier alpha value is -5.80. The first-order valence-electron chi connectivity index (χ1n) is 19.6. The molecule has 15 heteroatoms. The minimum Gasteiger partial charge on any atom is -0.462 e. The maximum absolute atomic E-state index is 13.4. The number of ketones is 2. The number of Topliss-reactive ketones (excluding diaryl/α,β-unsaturated/α-hetero) is 2. The van der Waals surface area contributed by atoms with Crippen molar-refractivity contribution in [3.8, 4) is 0 Å². The van der Waals surface area contributed by atoms with E-state index in [9.17, 15) is 28.8 Å². The molecule has 1 atom stereocenters. The molecule has 0 fully saturated rings. The fraction of sp³-hybridized carbons (Fsp3) is 0.429. The predicted molar refractivity (Wildman–Crippen MR) is 221 cm³/mol. The molecule has 1 unspecified atom stereocenters. The second-order valence-electron chi connectivity index (χ2n) is 13.6. The van der Waals surface area contributed by atoms with E-state index in [1.54, 1.807) is 24.3 Å². The Kier molecular flexibility index (Phi) is 17.0. The summed E-state index contributed by atoms with van der Waals surface area (Å²) >= 11 is 0. The number of amides is 2. The van der Waals surface area contributed by atoms with Crippen molar-refractivity contribution in [2.45, 2.75) is 72.8 Å². The third-order valence-corrected chi connectivity index (χ3v) is 9.60. The molecule has 304 valence electrons. The molecular weight excluding hydrogens is 729 g/mol. The van der Waals surface area contributed by atoms with Gasteiger partial charge in [0.05, 0.1) is 28.9 Å². The maximum atomic E-state index is 13.4. The average Bonchev–Trinajstić information content (AvgIpc) is 3.58. The van der Waals surface area contributed by atoms with Gasteiger partial charge in [-0.3, -0.25) is 19.2 Å². The standard InChI is InChI=1S/C42H54N8O7/c1-6-49(7-2)21-12-10-11-14-37(52)30-24-31(41(55)57-23-13-22-50(8-3)9-4)26-34(25-30)44-39(53)29-15-17-32(18-16-29)47-48-38(28(5)51)40(54)43-33-19-20-35-36(27-33)46-42(56)45-35/h15-20,24-27,38H,6-14,21-23H2,1-5H3,(H,43,54)(H,44,53)(H2,45,46,56)/b48-47+. The topological polar surface area (TPSA) is 198 Å². The number of hydrogen-bond donors (Lipinski definition) is 4. The van der Waals surface area contributed by atoms with Crippen LogP contribution in [0.4, 0.5) is 17.1 Å². The number of carbonyl (C=O) groups excluding carboxylic acids is 5. The maximum Gasteiger partial charge on any atom is 0.338 e. The van der Waals surface area contributed by atoms with Gasteiger partial charge >= 0.3 is 11.7 Å². The minimum absolute atomic E-state index is 0.130. The molecule has 15 nitrogen and oxygen atoms in total. The molecule has 0 radical (unpaired) electrons. The lowest BCUT2D eigenvalue weighted by atomic mass is 10.0. The molecule has 3 aromatic carbocycles. The number of esters is 1. The number of carbonyl (C=O) groups is 5. The highest BCUT2D eigenvalue weighted by molar-refractivity contribution is 6.10. The Balaban J connectivity index is 1.43. The molecule has 0 aliphatic rings. The summed E-state index contributed by atoms with van der Waals surface area (Å²) in [5.41, 5.74) is 2.29. The predicted octanol–water partition coefficient (Wildman–Crippen LogP) is 6.76. The van der Waals surface area contributed by atoms with Gasteiger partial charge in [-0.2, -0.15) is 10.2 Å². The normalized spacial score (nSPS) is 12.0. The van der Waals surface area contributed by atoms with Crippen molar-refractivity contribution in [3.05, 3.63) is 87.8 Å². The Bertz CT molecular complexity index is 2080. The molecular formula is C42H54N8O7. The van der Waals surface area contributed by atoms with Crippen LogP contribution in [0.1, 0.15) is 97.8 Å². The zero-order chi connectivity index (χ0) is 41.3. The number of ether oxygens (including phenoxy) is 1. The second kappa shape index (κ2) is 22.1. The third-order valence-electron chi connectivity index (χ3n) is 9.60. The smallest absolute Gasteiger partial charge is 0.338 e. The summed E-state index contributed by atoms with van der Waals surface area (Å²) in [6.07, 6.45) is 3.56. The van der Waals surface area contributed by atoms with Crippen molar-refractivity contribution in [1.29, 1.82) is 0 Å². The van der Waals surface area contributed by atoms with Crippen molar-refractivity contribution < 1.29 is 28.7 Å². The van der Waals surface area contributed by atoms with Gasteiger partial charge < -0.3 is 35.1 Å². The average molecular weight is 783 g/mol.